The van der Waals surface area contributed by atoms with Gasteiger partial charge in [-0.3, -0.25) is 9.59 Å². The number of nitrogens with one attached hydrogen (secondary N) is 1. The third-order valence-corrected chi connectivity index (χ3v) is 5.40. The fourth-order valence-corrected chi connectivity index (χ4v) is 3.62. The van der Waals surface area contributed by atoms with Crippen molar-refractivity contribution in [2.45, 2.75) is 6.92 Å². The lowest BCUT2D eigenvalue weighted by atomic mass is 10.0. The summed E-state index contributed by atoms with van der Waals surface area (Å²) in [6.45, 7) is 1.98. The summed E-state index contributed by atoms with van der Waals surface area (Å²) in [4.78, 5) is 25.5. The van der Waals surface area contributed by atoms with Gasteiger partial charge < -0.3 is 19.2 Å². The number of ether oxygens (including phenoxy) is 2. The maximum atomic E-state index is 12.9. The Bertz CT molecular complexity index is 1340. The molecule has 154 valence electrons. The molecule has 1 aliphatic heterocycles. The van der Waals surface area contributed by atoms with Gasteiger partial charge >= 0.3 is 0 Å². The highest BCUT2D eigenvalue weighted by atomic mass is 35.5. The number of carbonyl (C=O) groups excluding carboxylic acids is 2. The standard InChI is InChI=1S/C24H16ClNO5/c1-13-18-8-7-17(26-24(28)15-4-9-19-21(10-15)30-12-29-19)11-20(18)31-23(13)22(27)14-2-5-16(25)6-3-14/h2-11H,12H2,1H3,(H,26,28). The number of amides is 1. The van der Waals surface area contributed by atoms with E-state index in [1.54, 1.807) is 54.6 Å². The summed E-state index contributed by atoms with van der Waals surface area (Å²) in [6.07, 6.45) is 0. The second-order valence-electron chi connectivity index (χ2n) is 7.13. The Labute approximate surface area is 182 Å². The molecule has 2 heterocycles. The summed E-state index contributed by atoms with van der Waals surface area (Å²) in [5.74, 6) is 0.892. The zero-order valence-corrected chi connectivity index (χ0v) is 17.2. The van der Waals surface area contributed by atoms with Gasteiger partial charge in [0.25, 0.3) is 5.91 Å². The first-order valence-electron chi connectivity index (χ1n) is 9.54. The van der Waals surface area contributed by atoms with Crippen molar-refractivity contribution in [3.8, 4) is 11.5 Å². The summed E-state index contributed by atoms with van der Waals surface area (Å²) in [5.41, 5.74) is 2.73. The molecule has 0 fully saturated rings. The van der Waals surface area contributed by atoms with Gasteiger partial charge in [0, 0.05) is 38.9 Å². The maximum Gasteiger partial charge on any atom is 0.255 e. The van der Waals surface area contributed by atoms with Crippen LogP contribution in [0.2, 0.25) is 5.02 Å². The normalized spacial score (nSPS) is 12.2. The highest BCUT2D eigenvalue weighted by Crippen LogP contribution is 2.33. The number of fused-ring (bicyclic) bond motifs is 2. The number of furan rings is 1. The zero-order valence-electron chi connectivity index (χ0n) is 16.4. The van der Waals surface area contributed by atoms with Gasteiger partial charge in [0.1, 0.15) is 5.58 Å². The van der Waals surface area contributed by atoms with Crippen molar-refractivity contribution in [3.05, 3.63) is 88.1 Å². The molecule has 1 amide bonds. The third-order valence-electron chi connectivity index (χ3n) is 5.14. The zero-order chi connectivity index (χ0) is 21.5. The van der Waals surface area contributed by atoms with Gasteiger partial charge in [-0.05, 0) is 61.5 Å². The molecule has 0 spiro atoms. The van der Waals surface area contributed by atoms with Crippen LogP contribution in [0.15, 0.2) is 65.1 Å². The second-order valence-corrected chi connectivity index (χ2v) is 7.56. The summed E-state index contributed by atoms with van der Waals surface area (Å²) in [6, 6.07) is 16.9. The molecule has 31 heavy (non-hydrogen) atoms. The van der Waals surface area contributed by atoms with Crippen LogP contribution >= 0.6 is 11.6 Å². The SMILES string of the molecule is Cc1c(C(=O)c2ccc(Cl)cc2)oc2cc(NC(=O)c3ccc4c(c3)OCO4)ccc12. The van der Waals surface area contributed by atoms with E-state index in [0.29, 0.717) is 38.9 Å². The molecular formula is C24H16ClNO5. The molecule has 1 aliphatic rings. The second kappa shape index (κ2) is 7.49. The van der Waals surface area contributed by atoms with Gasteiger partial charge in [0.2, 0.25) is 12.6 Å². The monoisotopic (exact) mass is 433 g/mol. The molecule has 1 aromatic heterocycles. The van der Waals surface area contributed by atoms with Gasteiger partial charge in [0.15, 0.2) is 17.3 Å². The number of aryl methyl sites for hydroxylation is 1. The quantitative estimate of drug-likeness (QED) is 0.423. The molecule has 0 atom stereocenters. The van der Waals surface area contributed by atoms with E-state index in [2.05, 4.69) is 5.32 Å². The van der Waals surface area contributed by atoms with Crippen LogP contribution in [0.5, 0.6) is 11.5 Å². The number of hydrogen-bond acceptors (Lipinski definition) is 5. The molecule has 0 radical (unpaired) electrons. The van der Waals surface area contributed by atoms with Crippen molar-refractivity contribution in [3.63, 3.8) is 0 Å². The molecule has 0 unspecified atom stereocenters. The van der Waals surface area contributed by atoms with E-state index in [4.69, 9.17) is 25.5 Å². The van der Waals surface area contributed by atoms with E-state index in [-0.39, 0.29) is 24.2 Å². The Hall–Kier alpha value is -3.77. The summed E-state index contributed by atoms with van der Waals surface area (Å²) < 4.78 is 16.5. The van der Waals surface area contributed by atoms with Crippen molar-refractivity contribution in [1.82, 2.24) is 0 Å². The van der Waals surface area contributed by atoms with E-state index in [9.17, 15) is 9.59 Å². The van der Waals surface area contributed by atoms with Gasteiger partial charge in [-0.15, -0.1) is 0 Å². The summed E-state index contributed by atoms with van der Waals surface area (Å²) >= 11 is 5.91. The molecule has 0 saturated heterocycles. The molecule has 0 saturated carbocycles. The molecule has 0 aliphatic carbocycles. The first kappa shape index (κ1) is 19.2. The minimum absolute atomic E-state index is 0.145. The van der Waals surface area contributed by atoms with E-state index < -0.39 is 0 Å². The Morgan fingerprint density at radius 1 is 0.903 bits per heavy atom. The fourth-order valence-electron chi connectivity index (χ4n) is 3.49. The van der Waals surface area contributed by atoms with Crippen molar-refractivity contribution in [2.24, 2.45) is 0 Å². The average molecular weight is 434 g/mol. The van der Waals surface area contributed by atoms with Crippen LogP contribution in [-0.2, 0) is 0 Å². The lowest BCUT2D eigenvalue weighted by Crippen LogP contribution is -2.11. The first-order valence-corrected chi connectivity index (χ1v) is 9.92. The predicted octanol–water partition coefficient (Wildman–Crippen LogP) is 5.61. The van der Waals surface area contributed by atoms with Crippen LogP contribution < -0.4 is 14.8 Å². The van der Waals surface area contributed by atoms with Gasteiger partial charge in [-0.1, -0.05) is 11.6 Å². The van der Waals surface area contributed by atoms with Crippen LogP contribution in [-0.4, -0.2) is 18.5 Å². The molecule has 5 rings (SSSR count). The van der Waals surface area contributed by atoms with Gasteiger partial charge in [-0.25, -0.2) is 0 Å². The minimum Gasteiger partial charge on any atom is -0.454 e. The summed E-state index contributed by atoms with van der Waals surface area (Å²) in [5, 5.41) is 4.20. The molecule has 3 aromatic carbocycles. The van der Waals surface area contributed by atoms with Crippen LogP contribution in [0.3, 0.4) is 0 Å². The maximum absolute atomic E-state index is 12.9. The van der Waals surface area contributed by atoms with Crippen molar-refractivity contribution in [2.75, 3.05) is 12.1 Å². The van der Waals surface area contributed by atoms with Crippen LogP contribution in [0, 0.1) is 6.92 Å². The smallest absolute Gasteiger partial charge is 0.255 e. The third kappa shape index (κ3) is 3.51. The Balaban J connectivity index is 1.42. The van der Waals surface area contributed by atoms with Crippen LogP contribution in [0.4, 0.5) is 5.69 Å². The number of anilines is 1. The Morgan fingerprint density at radius 3 is 2.45 bits per heavy atom. The highest BCUT2D eigenvalue weighted by Gasteiger charge is 2.20. The average Bonchev–Trinajstić information content (AvgIpc) is 3.37. The molecule has 7 heteroatoms. The molecular weight excluding hydrogens is 418 g/mol. The van der Waals surface area contributed by atoms with Crippen LogP contribution in [0.1, 0.15) is 32.0 Å². The number of hydrogen-bond donors (Lipinski definition) is 1. The lowest BCUT2D eigenvalue weighted by molar-refractivity contribution is 0.101. The number of rotatable bonds is 4. The lowest BCUT2D eigenvalue weighted by Gasteiger charge is -2.06. The largest absolute Gasteiger partial charge is 0.454 e. The number of benzene rings is 3. The van der Waals surface area contributed by atoms with E-state index in [1.807, 2.05) is 13.0 Å². The van der Waals surface area contributed by atoms with E-state index in [1.165, 1.54) is 0 Å². The summed E-state index contributed by atoms with van der Waals surface area (Å²) in [7, 11) is 0. The van der Waals surface area contributed by atoms with Gasteiger partial charge in [-0.2, -0.15) is 0 Å². The topological polar surface area (TPSA) is 77.8 Å². The molecule has 6 nitrogen and oxygen atoms in total. The Kier molecular flexibility index (Phi) is 4.64. The highest BCUT2D eigenvalue weighted by molar-refractivity contribution is 6.30. The van der Waals surface area contributed by atoms with Crippen LogP contribution in [0.25, 0.3) is 11.0 Å². The predicted molar refractivity (Wildman–Crippen MR) is 116 cm³/mol. The Morgan fingerprint density at radius 2 is 1.65 bits per heavy atom. The van der Waals surface area contributed by atoms with Crippen molar-refractivity contribution >= 4 is 39.9 Å². The van der Waals surface area contributed by atoms with Crippen molar-refractivity contribution in [1.29, 1.82) is 0 Å². The van der Waals surface area contributed by atoms with E-state index in [0.717, 1.165) is 10.9 Å². The van der Waals surface area contributed by atoms with E-state index >= 15 is 0 Å². The molecule has 0 bridgehead atoms. The number of carbonyl (C=O) groups is 2. The first-order chi connectivity index (χ1) is 15.0. The molecule has 4 aromatic rings. The minimum atomic E-state index is -0.293. The number of halogens is 1. The van der Waals surface area contributed by atoms with Gasteiger partial charge in [0.05, 0.1) is 0 Å². The molecule has 1 N–H and O–H groups in total. The fraction of sp³-hybridized carbons (Fsp3) is 0.0833. The van der Waals surface area contributed by atoms with Crippen molar-refractivity contribution < 1.29 is 23.5 Å². The number of ketones is 1.